The topological polar surface area (TPSA) is 0 Å². The first-order valence-electron chi connectivity index (χ1n) is 19.8. The van der Waals surface area contributed by atoms with E-state index in [0.717, 1.165) is 0 Å². The molecule has 0 N–H and O–H groups in total. The fourth-order valence-electron chi connectivity index (χ4n) is 7.82. The van der Waals surface area contributed by atoms with E-state index >= 15 is 0 Å². The first-order chi connectivity index (χ1) is 28.6. The molecule has 9 rings (SSSR count). The molecule has 0 heterocycles. The monoisotopic (exact) mass is 945 g/mol. The van der Waals surface area contributed by atoms with E-state index in [2.05, 4.69) is 249 Å². The maximum absolute atomic E-state index is 4.57. The number of fused-ring (bicyclic) bond motifs is 2. The molecule has 0 amide bonds. The second-order valence-corrected chi connectivity index (χ2v) is 19.6. The largest absolute Gasteiger partial charge is 0.111 e. The van der Waals surface area contributed by atoms with Crippen LogP contribution in [0.1, 0.15) is 30.9 Å². The molecule has 5 heteroatoms. The Bertz CT molecular complexity index is 2430. The van der Waals surface area contributed by atoms with Crippen molar-refractivity contribution in [2.45, 2.75) is 26.7 Å². The number of hydrogen-bond acceptors (Lipinski definition) is 0. The number of rotatable bonds is 8. The van der Waals surface area contributed by atoms with Crippen molar-refractivity contribution in [2.75, 3.05) is 0 Å². The Labute approximate surface area is 380 Å². The molecule has 9 aromatic carbocycles. The fourth-order valence-corrected chi connectivity index (χ4v) is 13.4. The van der Waals surface area contributed by atoms with Gasteiger partial charge in [-0.3, -0.25) is 0 Å². The number of aryl methyl sites for hydroxylation is 1. The van der Waals surface area contributed by atoms with Gasteiger partial charge in [-0.25, -0.2) is 0 Å². The van der Waals surface area contributed by atoms with E-state index in [1.54, 1.807) is 0 Å². The molecule has 0 aliphatic carbocycles. The molecule has 301 valence electrons. The van der Waals surface area contributed by atoms with Gasteiger partial charge in [0.05, 0.1) is 15.8 Å². The normalized spacial score (nSPS) is 10.6. The average molecular weight is 946 g/mol. The van der Waals surface area contributed by atoms with Gasteiger partial charge in [-0.1, -0.05) is 177 Å². The van der Waals surface area contributed by atoms with Gasteiger partial charge < -0.3 is 19.8 Å². The molecule has 0 nitrogen and oxygen atoms in total. The van der Waals surface area contributed by atoms with Gasteiger partial charge in [0.2, 0.25) is 0 Å². The Balaban J connectivity index is 0.000000427. The van der Waals surface area contributed by atoms with E-state index in [4.69, 9.17) is 0 Å². The third-order valence-corrected chi connectivity index (χ3v) is 16.2. The van der Waals surface area contributed by atoms with Crippen molar-refractivity contribution in [2.24, 2.45) is 0 Å². The Morgan fingerprint density at radius 3 is 1.00 bits per heavy atom. The standard InChI is InChI=1S/C44H32P2.C10H14.CH3.2ClH.Ru/c1-5-19-35(20-6-1)45(36-21-7-2-8-22-36)41-31-29-33-17-13-15-27-39(33)43(41)44-40-28-16-14-18-34(40)30-32-42(44)46(37-23-9-3-10-24-37)38-25-11-4-12-26-38;1-8(2)10-6-4-9(3)5-7-10;;;;/h1-32H;4-8H,1-3H3;1H3;2*1H;/q;;-1;;;+3. The molecule has 0 saturated carbocycles. The van der Waals surface area contributed by atoms with Crippen LogP contribution >= 0.6 is 25.5 Å². The van der Waals surface area contributed by atoms with Gasteiger partial charge in [0.1, 0.15) is 31.8 Å². The van der Waals surface area contributed by atoms with Crippen LogP contribution in [-0.2, 0) is 17.3 Å². The van der Waals surface area contributed by atoms with Gasteiger partial charge in [0.15, 0.2) is 0 Å². The van der Waals surface area contributed by atoms with E-state index < -0.39 is 15.8 Å². The molecule has 0 unspecified atom stereocenters. The molecule has 0 atom stereocenters. The summed E-state index contributed by atoms with van der Waals surface area (Å²) < 4.78 is 0. The van der Waals surface area contributed by atoms with E-state index in [-0.39, 0.29) is 19.8 Å². The van der Waals surface area contributed by atoms with E-state index in [1.807, 2.05) is 17.3 Å². The summed E-state index contributed by atoms with van der Waals surface area (Å²) in [5, 5.41) is 13.6. The predicted molar refractivity (Wildman–Crippen MR) is 265 cm³/mol. The second-order valence-electron chi connectivity index (χ2n) is 14.7. The molecule has 0 aromatic heterocycles. The van der Waals surface area contributed by atoms with Crippen molar-refractivity contribution >= 4 is 78.9 Å². The fraction of sp³-hybridized carbons (Fsp3) is 0.0727. The van der Waals surface area contributed by atoms with Crippen LogP contribution in [0.3, 0.4) is 0 Å². The Morgan fingerprint density at radius 2 is 0.683 bits per heavy atom. The predicted octanol–water partition coefficient (Wildman–Crippen LogP) is 9.90. The van der Waals surface area contributed by atoms with Crippen molar-refractivity contribution in [3.8, 4) is 11.1 Å². The molecular weight excluding hydrogens is 895 g/mol. The van der Waals surface area contributed by atoms with Crippen LogP contribution in [0, 0.1) is 14.4 Å². The van der Waals surface area contributed by atoms with Gasteiger partial charge in [-0.15, -0.1) is 0 Å². The van der Waals surface area contributed by atoms with E-state index in [0.29, 0.717) is 5.92 Å². The summed E-state index contributed by atoms with van der Waals surface area (Å²) in [4.78, 5) is 0. The SMILES string of the molecule is Cc1ccc(C(C)C)cc1.[CH3-].[Cl-].[Cl][Ru+2].c1ccc([PH+](c2ccccc2)c2ccc3ccccc3c2-c2c([PH+](c3ccccc3)c3ccccc3)ccc3ccccc23)cc1. The van der Waals surface area contributed by atoms with E-state index in [9.17, 15) is 0 Å². The Kier molecular flexibility index (Phi) is 17.8. The summed E-state index contributed by atoms with van der Waals surface area (Å²) in [5.41, 5.74) is 5.51. The molecule has 0 aliphatic rings. The molecule has 0 fully saturated rings. The smallest absolute Gasteiger partial charge is 0.0620 e. The summed E-state index contributed by atoms with van der Waals surface area (Å²) in [6.45, 7) is 6.54. The van der Waals surface area contributed by atoms with Gasteiger partial charge in [-0.05, 0) is 101 Å². The summed E-state index contributed by atoms with van der Waals surface area (Å²) in [7, 11) is 1.83. The maximum Gasteiger partial charge on any atom is 0.111 e. The third-order valence-electron chi connectivity index (χ3n) is 10.6. The first-order valence-corrected chi connectivity index (χ1v) is 25.0. The average Bonchev–Trinajstić information content (AvgIpc) is 3.29. The molecule has 0 bridgehead atoms. The van der Waals surface area contributed by atoms with Gasteiger partial charge in [-0.2, -0.15) is 0 Å². The van der Waals surface area contributed by atoms with Gasteiger partial charge >= 0.3 is 27.0 Å². The molecule has 0 spiro atoms. The number of halogens is 2. The minimum Gasteiger partial charge on any atom is -0.0620 e. The summed E-state index contributed by atoms with van der Waals surface area (Å²) >= 11 is 1.82. The minimum atomic E-state index is -1.37. The third kappa shape index (κ3) is 10.7. The van der Waals surface area contributed by atoms with Crippen molar-refractivity contribution < 1.29 is 29.7 Å². The second kappa shape index (κ2) is 23.0. The molecule has 60 heavy (non-hydrogen) atoms. The Morgan fingerprint density at radius 1 is 0.383 bits per heavy atom. The minimum absolute atomic E-state index is 0. The molecule has 0 aliphatic heterocycles. The van der Waals surface area contributed by atoms with Crippen LogP contribution in [0.4, 0.5) is 0 Å². The summed E-state index contributed by atoms with van der Waals surface area (Å²) in [5.74, 6) is 0.653. The zero-order valence-corrected chi connectivity index (χ0v) is 39.7. The quantitative estimate of drug-likeness (QED) is 0.0810. The number of benzene rings is 9. The Hall–Kier alpha value is -4.44. The van der Waals surface area contributed by atoms with Crippen LogP contribution in [-0.4, -0.2) is 0 Å². The summed E-state index contributed by atoms with van der Waals surface area (Å²) in [6.07, 6.45) is 0. The summed E-state index contributed by atoms with van der Waals surface area (Å²) in [6, 6.07) is 80.9. The molecule has 9 aromatic rings. The van der Waals surface area contributed by atoms with Gasteiger partial charge in [0.25, 0.3) is 0 Å². The molecular formula is C55H51Cl2P2Ru+2. The van der Waals surface area contributed by atoms with Crippen molar-refractivity contribution in [1.82, 2.24) is 0 Å². The zero-order valence-electron chi connectivity index (χ0n) is 34.5. The van der Waals surface area contributed by atoms with Crippen molar-refractivity contribution in [3.63, 3.8) is 0 Å². The first kappa shape index (κ1) is 46.6. The van der Waals surface area contributed by atoms with Crippen LogP contribution in [0.25, 0.3) is 32.7 Å². The van der Waals surface area contributed by atoms with Crippen molar-refractivity contribution in [3.05, 3.63) is 237 Å². The van der Waals surface area contributed by atoms with Crippen LogP contribution < -0.4 is 44.2 Å². The van der Waals surface area contributed by atoms with Crippen LogP contribution in [0.15, 0.2) is 218 Å². The number of hydrogen-bond donors (Lipinski definition) is 0. The van der Waals surface area contributed by atoms with E-state index in [1.165, 1.54) is 75.6 Å². The molecule has 0 saturated heterocycles. The van der Waals surface area contributed by atoms with Crippen molar-refractivity contribution in [1.29, 1.82) is 0 Å². The van der Waals surface area contributed by atoms with Crippen LogP contribution in [0.2, 0.25) is 0 Å². The molecule has 0 radical (unpaired) electrons. The zero-order chi connectivity index (χ0) is 40.3. The van der Waals surface area contributed by atoms with Gasteiger partial charge in [0, 0.05) is 11.1 Å². The van der Waals surface area contributed by atoms with Crippen LogP contribution in [0.5, 0.6) is 0 Å². The maximum atomic E-state index is 4.57.